The van der Waals surface area contributed by atoms with Crippen LogP contribution in [0.1, 0.15) is 53.9 Å². The molecule has 0 aliphatic carbocycles. The van der Waals surface area contributed by atoms with Gasteiger partial charge in [-0.3, -0.25) is 4.79 Å². The van der Waals surface area contributed by atoms with Crippen molar-refractivity contribution in [2.45, 2.75) is 53.9 Å². The van der Waals surface area contributed by atoms with Crippen molar-refractivity contribution in [3.8, 4) is 0 Å². The van der Waals surface area contributed by atoms with Gasteiger partial charge >= 0.3 is 0 Å². The molecule has 0 unspecified atom stereocenters. The van der Waals surface area contributed by atoms with Gasteiger partial charge in [-0.25, -0.2) is 0 Å². The molecule has 0 aliphatic heterocycles. The van der Waals surface area contributed by atoms with Gasteiger partial charge in [0.1, 0.15) is 0 Å². The summed E-state index contributed by atoms with van der Waals surface area (Å²) < 4.78 is 0. The van der Waals surface area contributed by atoms with Crippen molar-refractivity contribution in [1.82, 2.24) is 0 Å². The molecule has 0 heterocycles. The number of thiol groups is 1. The fraction of sp³-hybridized carbons (Fsp3) is 0.667. The predicted molar refractivity (Wildman–Crippen MR) is 79.4 cm³/mol. The second kappa shape index (κ2) is 7.05. The van der Waals surface area contributed by atoms with Crippen molar-refractivity contribution in [2.75, 3.05) is 0 Å². The highest BCUT2D eigenvalue weighted by Crippen LogP contribution is 2.33. The van der Waals surface area contributed by atoms with E-state index in [1.807, 2.05) is 6.08 Å². The van der Waals surface area contributed by atoms with Crippen LogP contribution in [0.15, 0.2) is 24.3 Å². The number of carbonyl (C=O) groups excluding carboxylic acids is 1. The summed E-state index contributed by atoms with van der Waals surface area (Å²) in [4.78, 5) is 10.6. The number of allylic oxidation sites excluding steroid dienone is 3. The molecule has 98 valence electrons. The number of carbonyl (C=O) groups is 1. The Morgan fingerprint density at radius 2 is 1.65 bits per heavy atom. The highest BCUT2D eigenvalue weighted by Gasteiger charge is 2.20. The highest BCUT2D eigenvalue weighted by atomic mass is 32.1. The minimum absolute atomic E-state index is 0.207. The molecule has 0 saturated carbocycles. The zero-order valence-corrected chi connectivity index (χ0v) is 12.7. The van der Waals surface area contributed by atoms with Crippen molar-refractivity contribution in [2.24, 2.45) is 10.8 Å². The summed E-state index contributed by atoms with van der Waals surface area (Å²) >= 11 is 3.66. The van der Waals surface area contributed by atoms with Crippen molar-refractivity contribution in [1.29, 1.82) is 0 Å². The molecule has 17 heavy (non-hydrogen) atoms. The maximum Gasteiger partial charge on any atom is 0.209 e. The third-order valence-corrected chi connectivity index (χ3v) is 2.86. The molecule has 0 N–H and O–H groups in total. The predicted octanol–water partition coefficient (Wildman–Crippen LogP) is 4.80. The first-order valence-electron chi connectivity index (χ1n) is 6.19. The van der Waals surface area contributed by atoms with Crippen LogP contribution in [0.25, 0.3) is 0 Å². The molecular weight excluding hydrogens is 228 g/mol. The topological polar surface area (TPSA) is 17.1 Å². The molecule has 0 aromatic heterocycles. The summed E-state index contributed by atoms with van der Waals surface area (Å²) in [6.07, 6.45) is 10.7. The molecule has 0 aliphatic rings. The summed E-state index contributed by atoms with van der Waals surface area (Å²) in [5.41, 5.74) is 0.724. The van der Waals surface area contributed by atoms with Crippen LogP contribution in [0.5, 0.6) is 0 Å². The molecule has 1 nitrogen and oxygen atoms in total. The Bertz CT molecular complexity index is 293. The monoisotopic (exact) mass is 254 g/mol. The standard InChI is InChI=1S/C15H26OS/c1-14(2,3)11-12-15(4,5)10-8-6-7-9-13(16)17/h6-9H,10-12H2,1-5H3,(H,16,17)/b8-6-,9-7+. The van der Waals surface area contributed by atoms with Crippen LogP contribution >= 0.6 is 12.6 Å². The first-order valence-corrected chi connectivity index (χ1v) is 6.63. The van der Waals surface area contributed by atoms with Crippen LogP contribution in [0, 0.1) is 10.8 Å². The van der Waals surface area contributed by atoms with E-state index in [-0.39, 0.29) is 5.12 Å². The Morgan fingerprint density at radius 1 is 1.06 bits per heavy atom. The first kappa shape index (κ1) is 16.5. The van der Waals surface area contributed by atoms with Crippen LogP contribution in [0.3, 0.4) is 0 Å². The molecule has 0 spiro atoms. The molecule has 0 aromatic carbocycles. The van der Waals surface area contributed by atoms with E-state index in [9.17, 15) is 4.79 Å². The van der Waals surface area contributed by atoms with E-state index < -0.39 is 0 Å². The fourth-order valence-electron chi connectivity index (χ4n) is 1.42. The molecular formula is C15H26OS. The lowest BCUT2D eigenvalue weighted by Crippen LogP contribution is -2.15. The second-order valence-electron chi connectivity index (χ2n) is 6.55. The average molecular weight is 254 g/mol. The Kier molecular flexibility index (Phi) is 6.84. The molecule has 0 rings (SSSR count). The van der Waals surface area contributed by atoms with E-state index in [0.717, 1.165) is 6.42 Å². The van der Waals surface area contributed by atoms with Crippen molar-refractivity contribution in [3.05, 3.63) is 24.3 Å². The first-order chi connectivity index (χ1) is 7.62. The summed E-state index contributed by atoms with van der Waals surface area (Å²) in [6, 6.07) is 0. The molecule has 0 aromatic rings. The lowest BCUT2D eigenvalue weighted by Gasteiger charge is -2.27. The molecule has 0 saturated heterocycles. The summed E-state index contributed by atoms with van der Waals surface area (Å²) in [5, 5.41) is -0.207. The van der Waals surface area contributed by atoms with Gasteiger partial charge < -0.3 is 0 Å². The van der Waals surface area contributed by atoms with Gasteiger partial charge in [0, 0.05) is 0 Å². The molecule has 0 atom stereocenters. The molecule has 0 bridgehead atoms. The lowest BCUT2D eigenvalue weighted by atomic mass is 9.78. The van der Waals surface area contributed by atoms with Gasteiger partial charge in [0.05, 0.1) is 0 Å². The van der Waals surface area contributed by atoms with Gasteiger partial charge in [-0.15, -0.1) is 12.6 Å². The maximum absolute atomic E-state index is 10.6. The minimum Gasteiger partial charge on any atom is -0.283 e. The summed E-state index contributed by atoms with van der Waals surface area (Å²) in [7, 11) is 0. The van der Waals surface area contributed by atoms with Gasteiger partial charge in [-0.2, -0.15) is 0 Å². The van der Waals surface area contributed by atoms with Crippen LogP contribution < -0.4 is 0 Å². The van der Waals surface area contributed by atoms with Crippen LogP contribution in [-0.2, 0) is 4.79 Å². The molecule has 0 amide bonds. The van der Waals surface area contributed by atoms with Gasteiger partial charge in [-0.1, -0.05) is 52.8 Å². The van der Waals surface area contributed by atoms with Crippen molar-refractivity contribution >= 4 is 17.7 Å². The maximum atomic E-state index is 10.6. The van der Waals surface area contributed by atoms with Crippen LogP contribution in [0.2, 0.25) is 0 Å². The average Bonchev–Trinajstić information content (AvgIpc) is 2.13. The second-order valence-corrected chi connectivity index (χ2v) is 7.00. The van der Waals surface area contributed by atoms with E-state index in [4.69, 9.17) is 0 Å². The Hall–Kier alpha value is -0.500. The zero-order chi connectivity index (χ0) is 13.5. The van der Waals surface area contributed by atoms with Gasteiger partial charge in [-0.05, 0) is 36.2 Å². The Labute approximate surface area is 112 Å². The highest BCUT2D eigenvalue weighted by molar-refractivity contribution is 7.97. The quantitative estimate of drug-likeness (QED) is 0.409. The normalized spacial score (nSPS) is 13.8. The minimum atomic E-state index is -0.207. The number of hydrogen-bond acceptors (Lipinski definition) is 1. The van der Waals surface area contributed by atoms with Gasteiger partial charge in [0.15, 0.2) is 0 Å². The molecule has 0 fully saturated rings. The summed E-state index contributed by atoms with van der Waals surface area (Å²) in [5.74, 6) is 0. The van der Waals surface area contributed by atoms with E-state index in [0.29, 0.717) is 10.8 Å². The van der Waals surface area contributed by atoms with E-state index in [1.54, 1.807) is 6.08 Å². The van der Waals surface area contributed by atoms with E-state index >= 15 is 0 Å². The number of rotatable bonds is 6. The lowest BCUT2D eigenvalue weighted by molar-refractivity contribution is -0.106. The van der Waals surface area contributed by atoms with Crippen LogP contribution in [0.4, 0.5) is 0 Å². The molecule has 0 radical (unpaired) electrons. The smallest absolute Gasteiger partial charge is 0.209 e. The van der Waals surface area contributed by atoms with Crippen molar-refractivity contribution in [3.63, 3.8) is 0 Å². The van der Waals surface area contributed by atoms with E-state index in [1.165, 1.54) is 18.9 Å². The Balaban J connectivity index is 4.05. The Morgan fingerprint density at radius 3 is 2.12 bits per heavy atom. The fourth-order valence-corrected chi connectivity index (χ4v) is 1.51. The van der Waals surface area contributed by atoms with Crippen molar-refractivity contribution < 1.29 is 4.79 Å². The van der Waals surface area contributed by atoms with Crippen LogP contribution in [-0.4, -0.2) is 5.12 Å². The zero-order valence-electron chi connectivity index (χ0n) is 11.8. The number of hydrogen-bond donors (Lipinski definition) is 1. The SMILES string of the molecule is CC(C)(C)CCC(C)(C)C/C=C\C=C\C(=O)S. The molecule has 2 heteroatoms. The van der Waals surface area contributed by atoms with Gasteiger partial charge in [0.2, 0.25) is 5.12 Å². The third kappa shape index (κ3) is 11.8. The van der Waals surface area contributed by atoms with Gasteiger partial charge in [0.25, 0.3) is 0 Å². The summed E-state index contributed by atoms with van der Waals surface area (Å²) in [6.45, 7) is 11.4. The third-order valence-electron chi connectivity index (χ3n) is 2.71. The van der Waals surface area contributed by atoms with E-state index in [2.05, 4.69) is 53.3 Å². The largest absolute Gasteiger partial charge is 0.283 e.